The Bertz CT molecular complexity index is 779. The van der Waals surface area contributed by atoms with Gasteiger partial charge in [0.1, 0.15) is 0 Å². The Morgan fingerprint density at radius 1 is 1.29 bits per heavy atom. The van der Waals surface area contributed by atoms with E-state index in [-0.39, 0.29) is 24.5 Å². The van der Waals surface area contributed by atoms with Crippen molar-refractivity contribution in [3.05, 3.63) is 11.1 Å². The molecule has 1 atom stereocenters. The summed E-state index contributed by atoms with van der Waals surface area (Å²) in [6.07, 6.45) is 0. The maximum atomic E-state index is 15.0. The zero-order valence-electron chi connectivity index (χ0n) is 13.6. The average molecular weight is 356 g/mol. The van der Waals surface area contributed by atoms with Gasteiger partial charge in [-0.3, -0.25) is 0 Å². The Morgan fingerprint density at radius 3 is 2.71 bits per heavy atom. The van der Waals surface area contributed by atoms with Crippen LogP contribution in [0.15, 0.2) is 0 Å². The molecule has 2 aromatic rings. The summed E-state index contributed by atoms with van der Waals surface area (Å²) in [7, 11) is 0. The zero-order valence-corrected chi connectivity index (χ0v) is 14.4. The summed E-state index contributed by atoms with van der Waals surface area (Å²) in [5.74, 6) is 0.975. The number of nitrogens with zero attached hydrogens (tertiary/aromatic N) is 5. The van der Waals surface area contributed by atoms with Crippen LogP contribution in [0.2, 0.25) is 5.28 Å². The van der Waals surface area contributed by atoms with Gasteiger partial charge in [-0.25, -0.2) is 9.37 Å². The van der Waals surface area contributed by atoms with Crippen molar-refractivity contribution in [2.75, 3.05) is 37.9 Å². The molecule has 0 unspecified atom stereocenters. The number of halogens is 2. The SMILES string of the molecule is CCn1c(C2(F)COC2)nc2c(N3CCOC[C@@H]3C)nc(Cl)nc21. The predicted octanol–water partition coefficient (Wildman–Crippen LogP) is 1.92. The first-order valence-corrected chi connectivity index (χ1v) is 8.46. The molecule has 2 aliphatic heterocycles. The lowest BCUT2D eigenvalue weighted by Crippen LogP contribution is -2.45. The molecular weight excluding hydrogens is 337 g/mol. The molecule has 130 valence electrons. The third-order valence-electron chi connectivity index (χ3n) is 4.57. The van der Waals surface area contributed by atoms with Gasteiger partial charge in [-0.2, -0.15) is 9.97 Å². The van der Waals surface area contributed by atoms with Crippen molar-refractivity contribution < 1.29 is 13.9 Å². The molecule has 0 N–H and O–H groups in total. The van der Waals surface area contributed by atoms with Gasteiger partial charge in [0, 0.05) is 13.1 Å². The van der Waals surface area contributed by atoms with E-state index in [1.54, 1.807) is 4.57 Å². The number of anilines is 1. The molecule has 4 heterocycles. The van der Waals surface area contributed by atoms with E-state index in [1.165, 1.54) is 0 Å². The van der Waals surface area contributed by atoms with E-state index < -0.39 is 5.67 Å². The van der Waals surface area contributed by atoms with Gasteiger partial charge >= 0.3 is 0 Å². The molecule has 4 rings (SSSR count). The van der Waals surface area contributed by atoms with E-state index >= 15 is 0 Å². The number of alkyl halides is 1. The number of hydrogen-bond donors (Lipinski definition) is 0. The van der Waals surface area contributed by atoms with Crippen molar-refractivity contribution >= 4 is 28.6 Å². The molecule has 0 amide bonds. The van der Waals surface area contributed by atoms with Crippen LogP contribution >= 0.6 is 11.6 Å². The Labute approximate surface area is 143 Å². The van der Waals surface area contributed by atoms with E-state index in [9.17, 15) is 4.39 Å². The number of ether oxygens (including phenoxy) is 2. The summed E-state index contributed by atoms with van der Waals surface area (Å²) in [4.78, 5) is 15.4. The van der Waals surface area contributed by atoms with Crippen molar-refractivity contribution in [1.82, 2.24) is 19.5 Å². The van der Waals surface area contributed by atoms with Crippen LogP contribution in [0.4, 0.5) is 10.2 Å². The monoisotopic (exact) mass is 355 g/mol. The van der Waals surface area contributed by atoms with Crippen LogP contribution < -0.4 is 4.90 Å². The van der Waals surface area contributed by atoms with Crippen molar-refractivity contribution in [3.8, 4) is 0 Å². The van der Waals surface area contributed by atoms with Crippen LogP contribution in [0.5, 0.6) is 0 Å². The maximum Gasteiger partial charge on any atom is 0.226 e. The molecule has 0 radical (unpaired) electrons. The fraction of sp³-hybridized carbons (Fsp3) is 0.667. The van der Waals surface area contributed by atoms with E-state index in [0.717, 1.165) is 0 Å². The van der Waals surface area contributed by atoms with Crippen molar-refractivity contribution in [3.63, 3.8) is 0 Å². The Morgan fingerprint density at radius 2 is 2.08 bits per heavy atom. The lowest BCUT2D eigenvalue weighted by molar-refractivity contribution is -0.141. The highest BCUT2D eigenvalue weighted by molar-refractivity contribution is 6.28. The van der Waals surface area contributed by atoms with E-state index in [0.29, 0.717) is 49.1 Å². The number of imidazole rings is 1. The Hall–Kier alpha value is -1.51. The first-order valence-electron chi connectivity index (χ1n) is 8.09. The summed E-state index contributed by atoms with van der Waals surface area (Å²) < 4.78 is 27.3. The summed E-state index contributed by atoms with van der Waals surface area (Å²) >= 11 is 6.15. The molecule has 0 spiro atoms. The average Bonchev–Trinajstić information content (AvgIpc) is 2.91. The minimum Gasteiger partial charge on any atom is -0.377 e. The molecule has 2 fully saturated rings. The molecule has 24 heavy (non-hydrogen) atoms. The smallest absolute Gasteiger partial charge is 0.226 e. The van der Waals surface area contributed by atoms with Gasteiger partial charge in [0.25, 0.3) is 0 Å². The van der Waals surface area contributed by atoms with Crippen LogP contribution in [0.1, 0.15) is 19.7 Å². The number of fused-ring (bicyclic) bond motifs is 1. The van der Waals surface area contributed by atoms with E-state index in [1.807, 2.05) is 6.92 Å². The van der Waals surface area contributed by atoms with Gasteiger partial charge in [0.05, 0.1) is 32.5 Å². The zero-order chi connectivity index (χ0) is 16.9. The fourth-order valence-corrected chi connectivity index (χ4v) is 3.41. The van der Waals surface area contributed by atoms with Gasteiger partial charge in [-0.1, -0.05) is 0 Å². The summed E-state index contributed by atoms with van der Waals surface area (Å²) in [6.45, 7) is 6.45. The highest BCUT2D eigenvalue weighted by atomic mass is 35.5. The van der Waals surface area contributed by atoms with Crippen molar-refractivity contribution in [2.24, 2.45) is 0 Å². The van der Waals surface area contributed by atoms with Gasteiger partial charge in [-0.05, 0) is 25.4 Å². The molecule has 0 bridgehead atoms. The van der Waals surface area contributed by atoms with Crippen LogP contribution in [-0.2, 0) is 21.7 Å². The third kappa shape index (κ3) is 2.35. The van der Waals surface area contributed by atoms with Gasteiger partial charge in [0.15, 0.2) is 22.8 Å². The van der Waals surface area contributed by atoms with Gasteiger partial charge < -0.3 is 18.9 Å². The third-order valence-corrected chi connectivity index (χ3v) is 4.74. The minimum absolute atomic E-state index is 0.0147. The molecule has 7 nitrogen and oxygen atoms in total. The molecule has 2 aliphatic rings. The van der Waals surface area contributed by atoms with Crippen molar-refractivity contribution in [2.45, 2.75) is 32.1 Å². The number of morpholine rings is 1. The molecule has 9 heteroatoms. The first-order chi connectivity index (χ1) is 11.5. The van der Waals surface area contributed by atoms with E-state index in [2.05, 4.69) is 26.8 Å². The molecular formula is C15H19ClFN5O2. The van der Waals surface area contributed by atoms with Crippen LogP contribution in [0.25, 0.3) is 11.2 Å². The van der Waals surface area contributed by atoms with Crippen LogP contribution in [0.3, 0.4) is 0 Å². The minimum atomic E-state index is -1.57. The van der Waals surface area contributed by atoms with Crippen LogP contribution in [0, 0.1) is 0 Å². The standard InChI is InChI=1S/C15H19ClFN5O2/c1-3-21-11-10(18-13(21)15(17)7-24-8-15)12(20-14(16)19-11)22-4-5-23-6-9(22)2/h9H,3-8H2,1-2H3/t9-/m0/s1. The lowest BCUT2D eigenvalue weighted by Gasteiger charge is -2.34. The summed E-state index contributed by atoms with van der Waals surface area (Å²) in [5, 5.41) is 0.134. The largest absolute Gasteiger partial charge is 0.377 e. The Balaban J connectivity index is 1.91. The second kappa shape index (κ2) is 5.79. The predicted molar refractivity (Wildman–Crippen MR) is 87.2 cm³/mol. The normalized spacial score (nSPS) is 23.5. The van der Waals surface area contributed by atoms with Gasteiger partial charge in [0.2, 0.25) is 11.0 Å². The molecule has 0 saturated carbocycles. The first kappa shape index (κ1) is 16.0. The summed E-state index contributed by atoms with van der Waals surface area (Å²) in [6, 6.07) is 0.134. The maximum absolute atomic E-state index is 15.0. The highest BCUT2D eigenvalue weighted by Gasteiger charge is 2.45. The second-order valence-corrected chi connectivity index (χ2v) is 6.58. The number of hydrogen-bond acceptors (Lipinski definition) is 6. The highest BCUT2D eigenvalue weighted by Crippen LogP contribution is 2.37. The van der Waals surface area contributed by atoms with E-state index in [4.69, 9.17) is 21.1 Å². The molecule has 0 aliphatic carbocycles. The molecule has 2 aromatic heterocycles. The van der Waals surface area contributed by atoms with Crippen LogP contribution in [-0.4, -0.2) is 58.5 Å². The number of rotatable bonds is 3. The molecule has 0 aromatic carbocycles. The molecule has 2 saturated heterocycles. The quantitative estimate of drug-likeness (QED) is 0.784. The van der Waals surface area contributed by atoms with Crippen molar-refractivity contribution in [1.29, 1.82) is 0 Å². The number of aromatic nitrogens is 4. The number of aryl methyl sites for hydroxylation is 1. The topological polar surface area (TPSA) is 65.3 Å². The van der Waals surface area contributed by atoms with Gasteiger partial charge in [-0.15, -0.1) is 0 Å². The Kier molecular flexibility index (Phi) is 3.85. The fourth-order valence-electron chi connectivity index (χ4n) is 3.25. The summed E-state index contributed by atoms with van der Waals surface area (Å²) in [5.41, 5.74) is -0.434. The second-order valence-electron chi connectivity index (χ2n) is 6.24. The lowest BCUT2D eigenvalue weighted by atomic mass is 10.0.